The summed E-state index contributed by atoms with van der Waals surface area (Å²) in [5, 5.41) is 8.85. The molecule has 1 radical (unpaired) electrons. The lowest BCUT2D eigenvalue weighted by molar-refractivity contribution is 0.822. The second-order valence-electron chi connectivity index (χ2n) is 3.15. The van der Waals surface area contributed by atoms with Gasteiger partial charge < -0.3 is 4.98 Å². The quantitative estimate of drug-likeness (QED) is 0.679. The van der Waals surface area contributed by atoms with Crippen molar-refractivity contribution in [1.82, 2.24) is 19.8 Å². The van der Waals surface area contributed by atoms with E-state index in [9.17, 15) is 0 Å². The molecule has 0 atom stereocenters. The molecule has 4 nitrogen and oxygen atoms in total. The van der Waals surface area contributed by atoms with Crippen LogP contribution in [0.3, 0.4) is 0 Å². The van der Waals surface area contributed by atoms with E-state index in [0.29, 0.717) is 5.02 Å². The minimum Gasteiger partial charge on any atom is -0.319 e. The number of hydrogen-bond donors (Lipinski definition) is 1. The van der Waals surface area contributed by atoms with Gasteiger partial charge in [0.25, 0.3) is 0 Å². The fourth-order valence-electron chi connectivity index (χ4n) is 1.45. The Labute approximate surface area is 90.5 Å². The van der Waals surface area contributed by atoms with Crippen molar-refractivity contribution < 1.29 is 0 Å². The van der Waals surface area contributed by atoms with Gasteiger partial charge in [-0.3, -0.25) is 0 Å². The molecule has 15 heavy (non-hydrogen) atoms. The Balaban J connectivity index is 2.17. The lowest BCUT2D eigenvalue weighted by Crippen LogP contribution is -1.86. The molecule has 73 valence electrons. The molecule has 0 saturated carbocycles. The maximum atomic E-state index is 5.90. The molecule has 0 unspecified atom stereocenters. The van der Waals surface area contributed by atoms with Gasteiger partial charge in [-0.05, 0) is 12.1 Å². The number of nitrogens with zero attached hydrogens (tertiary/aromatic N) is 3. The predicted octanol–water partition coefficient (Wildman–Crippen LogP) is 2.18. The maximum absolute atomic E-state index is 5.90. The van der Waals surface area contributed by atoms with Gasteiger partial charge in [-0.1, -0.05) is 23.7 Å². The average Bonchev–Trinajstić information content (AvgIpc) is 2.76. The summed E-state index contributed by atoms with van der Waals surface area (Å²) in [4.78, 5) is 2.86. The maximum Gasteiger partial charge on any atom is 0.199 e. The topological polar surface area (TPSA) is 46.0 Å². The van der Waals surface area contributed by atoms with Gasteiger partial charge in [0.15, 0.2) is 12.0 Å². The highest BCUT2D eigenvalue weighted by molar-refractivity contribution is 6.30. The fourth-order valence-corrected chi connectivity index (χ4v) is 1.64. The first-order valence-corrected chi connectivity index (χ1v) is 4.79. The molecule has 0 fully saturated rings. The molecule has 0 bridgehead atoms. The minimum atomic E-state index is 0.698. The summed E-state index contributed by atoms with van der Waals surface area (Å²) in [6.07, 6.45) is 2.61. The Kier molecular flexibility index (Phi) is 1.76. The first-order chi connectivity index (χ1) is 7.33. The van der Waals surface area contributed by atoms with E-state index in [1.165, 1.54) is 4.63 Å². The zero-order chi connectivity index (χ0) is 10.3. The molecule has 3 aromatic rings. The minimum absolute atomic E-state index is 0.698. The van der Waals surface area contributed by atoms with Crippen LogP contribution >= 0.6 is 11.6 Å². The van der Waals surface area contributed by atoms with Gasteiger partial charge in [0.1, 0.15) is 0 Å². The SMILES string of the molecule is Clc1cccc(-c2cc3[nH][c]nn3n2)c1. The van der Waals surface area contributed by atoms with Gasteiger partial charge in [-0.25, -0.2) is 0 Å². The highest BCUT2D eigenvalue weighted by Crippen LogP contribution is 2.21. The standard InChI is InChI=1S/C10H6ClN4/c11-8-3-1-2-7(4-8)9-5-10-12-6-13-15(10)14-9/h1-5H,(H,12,13). The Morgan fingerprint density at radius 2 is 2.27 bits per heavy atom. The van der Waals surface area contributed by atoms with Crippen LogP contribution in [-0.4, -0.2) is 19.8 Å². The highest BCUT2D eigenvalue weighted by Gasteiger charge is 2.05. The van der Waals surface area contributed by atoms with Crippen LogP contribution in [0.4, 0.5) is 0 Å². The molecular weight excluding hydrogens is 212 g/mol. The van der Waals surface area contributed by atoms with E-state index in [0.717, 1.165) is 16.9 Å². The smallest absolute Gasteiger partial charge is 0.199 e. The number of aromatic nitrogens is 4. The molecule has 0 aliphatic heterocycles. The van der Waals surface area contributed by atoms with Crippen molar-refractivity contribution in [2.24, 2.45) is 0 Å². The van der Waals surface area contributed by atoms with E-state index in [2.05, 4.69) is 21.5 Å². The first kappa shape index (κ1) is 8.49. The van der Waals surface area contributed by atoms with Gasteiger partial charge in [-0.2, -0.15) is 0 Å². The second kappa shape index (κ2) is 3.10. The van der Waals surface area contributed by atoms with Crippen LogP contribution in [0.25, 0.3) is 16.9 Å². The van der Waals surface area contributed by atoms with Crippen LogP contribution in [-0.2, 0) is 0 Å². The molecule has 0 saturated heterocycles. The molecule has 2 aromatic heterocycles. The first-order valence-electron chi connectivity index (χ1n) is 4.41. The van der Waals surface area contributed by atoms with E-state index in [1.54, 1.807) is 0 Å². The van der Waals surface area contributed by atoms with E-state index < -0.39 is 0 Å². The number of hydrogen-bond acceptors (Lipinski definition) is 2. The summed E-state index contributed by atoms with van der Waals surface area (Å²) in [7, 11) is 0. The number of halogens is 1. The number of H-pyrrole nitrogens is 1. The third kappa shape index (κ3) is 1.39. The van der Waals surface area contributed by atoms with Crippen LogP contribution in [0.5, 0.6) is 0 Å². The van der Waals surface area contributed by atoms with Crippen molar-refractivity contribution >= 4 is 17.2 Å². The molecule has 1 aromatic carbocycles. The molecule has 3 rings (SSSR count). The van der Waals surface area contributed by atoms with Crippen LogP contribution in [0.1, 0.15) is 0 Å². The number of aromatic amines is 1. The Hall–Kier alpha value is -1.81. The molecule has 0 aliphatic carbocycles. The lowest BCUT2D eigenvalue weighted by atomic mass is 10.2. The zero-order valence-electron chi connectivity index (χ0n) is 7.61. The molecule has 0 amide bonds. The van der Waals surface area contributed by atoms with Crippen LogP contribution in [0.2, 0.25) is 5.02 Å². The van der Waals surface area contributed by atoms with Crippen molar-refractivity contribution in [2.75, 3.05) is 0 Å². The number of benzene rings is 1. The third-order valence-electron chi connectivity index (χ3n) is 2.14. The molecule has 5 heteroatoms. The van der Waals surface area contributed by atoms with Gasteiger partial charge in [0, 0.05) is 16.7 Å². The largest absolute Gasteiger partial charge is 0.319 e. The van der Waals surface area contributed by atoms with Crippen molar-refractivity contribution in [3.63, 3.8) is 0 Å². The van der Waals surface area contributed by atoms with E-state index in [-0.39, 0.29) is 0 Å². The van der Waals surface area contributed by atoms with Gasteiger partial charge in [0.05, 0.1) is 5.69 Å². The van der Waals surface area contributed by atoms with Crippen molar-refractivity contribution in [3.05, 3.63) is 41.7 Å². The summed E-state index contributed by atoms with van der Waals surface area (Å²) in [5.41, 5.74) is 2.62. The average molecular weight is 218 g/mol. The summed E-state index contributed by atoms with van der Waals surface area (Å²) in [6, 6.07) is 9.45. The van der Waals surface area contributed by atoms with Gasteiger partial charge in [-0.15, -0.1) is 14.8 Å². The van der Waals surface area contributed by atoms with Crippen LogP contribution < -0.4 is 0 Å². The van der Waals surface area contributed by atoms with E-state index in [4.69, 9.17) is 11.6 Å². The molecule has 0 aliphatic rings. The van der Waals surface area contributed by atoms with Crippen molar-refractivity contribution in [3.8, 4) is 11.3 Å². The zero-order valence-corrected chi connectivity index (χ0v) is 8.36. The number of fused-ring (bicyclic) bond motifs is 1. The lowest BCUT2D eigenvalue weighted by Gasteiger charge is -1.95. The van der Waals surface area contributed by atoms with E-state index >= 15 is 0 Å². The number of rotatable bonds is 1. The third-order valence-corrected chi connectivity index (χ3v) is 2.38. The molecular formula is C10H6ClN4. The second-order valence-corrected chi connectivity index (χ2v) is 3.59. The van der Waals surface area contributed by atoms with Crippen molar-refractivity contribution in [2.45, 2.75) is 0 Å². The Bertz CT molecular complexity index is 582. The predicted molar refractivity (Wildman–Crippen MR) is 56.6 cm³/mol. The Morgan fingerprint density at radius 3 is 3.07 bits per heavy atom. The Morgan fingerprint density at radius 1 is 1.33 bits per heavy atom. The summed E-state index contributed by atoms with van der Waals surface area (Å²) >= 11 is 5.90. The van der Waals surface area contributed by atoms with E-state index in [1.807, 2.05) is 30.3 Å². The normalized spacial score (nSPS) is 11.0. The molecule has 1 N–H and O–H groups in total. The summed E-state index contributed by atoms with van der Waals surface area (Å²) in [6.45, 7) is 0. The van der Waals surface area contributed by atoms with Crippen molar-refractivity contribution in [1.29, 1.82) is 0 Å². The fraction of sp³-hybridized carbons (Fsp3) is 0. The van der Waals surface area contributed by atoms with Crippen LogP contribution in [0, 0.1) is 6.33 Å². The molecule has 0 spiro atoms. The highest BCUT2D eigenvalue weighted by atomic mass is 35.5. The molecule has 2 heterocycles. The summed E-state index contributed by atoms with van der Waals surface area (Å²) < 4.78 is 1.50. The van der Waals surface area contributed by atoms with Gasteiger partial charge >= 0.3 is 0 Å². The monoisotopic (exact) mass is 217 g/mol. The number of nitrogens with one attached hydrogen (secondary N) is 1. The van der Waals surface area contributed by atoms with Gasteiger partial charge in [0.2, 0.25) is 0 Å². The summed E-state index contributed by atoms with van der Waals surface area (Å²) in [5.74, 6) is 0. The van der Waals surface area contributed by atoms with Crippen LogP contribution in [0.15, 0.2) is 30.3 Å².